The lowest BCUT2D eigenvalue weighted by Gasteiger charge is -2.20. The predicted molar refractivity (Wildman–Crippen MR) is 131 cm³/mol. The van der Waals surface area contributed by atoms with Crippen LogP contribution in [0.5, 0.6) is 0 Å². The maximum Gasteiger partial charge on any atom is 0.0501 e. The van der Waals surface area contributed by atoms with Crippen molar-refractivity contribution in [3.63, 3.8) is 0 Å². The Balaban J connectivity index is 0.000000460. The predicted octanol–water partition coefficient (Wildman–Crippen LogP) is 8.05. The van der Waals surface area contributed by atoms with Gasteiger partial charge in [0.2, 0.25) is 0 Å². The standard InChI is InChI=1S/C11H17NS.C10H15NS.C2H6/c1-9(2)10-7-5-6-8-11(10)12(3)13-4;1-8(2)9-6-4-5-7-10(9)11-12-3;1-2/h5-9H,1-4H3;4-8,11H,1-3H3;1-2H3. The van der Waals surface area contributed by atoms with Gasteiger partial charge in [0.1, 0.15) is 0 Å². The van der Waals surface area contributed by atoms with Gasteiger partial charge in [-0.05, 0) is 35.1 Å². The van der Waals surface area contributed by atoms with Gasteiger partial charge < -0.3 is 9.03 Å². The van der Waals surface area contributed by atoms with E-state index in [4.69, 9.17) is 0 Å². The number of rotatable bonds is 6. The average molecular weight is 407 g/mol. The summed E-state index contributed by atoms with van der Waals surface area (Å²) in [6, 6.07) is 17.0. The van der Waals surface area contributed by atoms with Crippen LogP contribution < -0.4 is 9.03 Å². The fourth-order valence-electron chi connectivity index (χ4n) is 2.56. The van der Waals surface area contributed by atoms with Crippen molar-refractivity contribution >= 4 is 35.3 Å². The minimum atomic E-state index is 0.584. The van der Waals surface area contributed by atoms with E-state index in [1.165, 1.54) is 22.5 Å². The van der Waals surface area contributed by atoms with Crippen LogP contribution in [-0.4, -0.2) is 19.6 Å². The molecule has 0 aliphatic heterocycles. The van der Waals surface area contributed by atoms with Crippen molar-refractivity contribution in [2.45, 2.75) is 53.4 Å². The van der Waals surface area contributed by atoms with E-state index in [9.17, 15) is 0 Å². The van der Waals surface area contributed by atoms with E-state index in [0.717, 1.165) is 0 Å². The molecule has 0 saturated heterocycles. The lowest BCUT2D eigenvalue weighted by Crippen LogP contribution is -2.08. The molecular weight excluding hydrogens is 368 g/mol. The van der Waals surface area contributed by atoms with E-state index in [-0.39, 0.29) is 0 Å². The van der Waals surface area contributed by atoms with Gasteiger partial charge in [0.25, 0.3) is 0 Å². The molecule has 152 valence electrons. The summed E-state index contributed by atoms with van der Waals surface area (Å²) in [7, 11) is 2.10. The molecule has 2 aromatic rings. The molecule has 0 aromatic heterocycles. The first-order valence-corrected chi connectivity index (χ1v) is 12.1. The van der Waals surface area contributed by atoms with Gasteiger partial charge >= 0.3 is 0 Å². The summed E-state index contributed by atoms with van der Waals surface area (Å²) in [5.74, 6) is 1.17. The van der Waals surface area contributed by atoms with Crippen molar-refractivity contribution in [2.24, 2.45) is 0 Å². The molecule has 27 heavy (non-hydrogen) atoms. The van der Waals surface area contributed by atoms with Gasteiger partial charge in [0, 0.05) is 25.2 Å². The Morgan fingerprint density at radius 2 is 1.26 bits per heavy atom. The molecule has 0 aliphatic carbocycles. The van der Waals surface area contributed by atoms with Crippen LogP contribution in [0.3, 0.4) is 0 Å². The Kier molecular flexibility index (Phi) is 14.1. The minimum absolute atomic E-state index is 0.584. The van der Waals surface area contributed by atoms with E-state index in [1.54, 1.807) is 23.9 Å². The molecule has 0 atom stereocenters. The third-order valence-corrected chi connectivity index (χ3v) is 5.14. The molecule has 4 heteroatoms. The highest BCUT2D eigenvalue weighted by Crippen LogP contribution is 2.29. The van der Waals surface area contributed by atoms with Crippen molar-refractivity contribution in [3.05, 3.63) is 59.7 Å². The van der Waals surface area contributed by atoms with Crippen LogP contribution in [-0.2, 0) is 0 Å². The fraction of sp³-hybridized carbons (Fsp3) is 0.478. The van der Waals surface area contributed by atoms with Crippen LogP contribution in [0.15, 0.2) is 48.5 Å². The summed E-state index contributed by atoms with van der Waals surface area (Å²) in [4.78, 5) is 0. The average Bonchev–Trinajstić information content (AvgIpc) is 2.70. The van der Waals surface area contributed by atoms with Crippen LogP contribution in [0.2, 0.25) is 0 Å². The number of hydrogen-bond donors (Lipinski definition) is 1. The SMILES string of the molecule is CC.CSN(C)c1ccccc1C(C)C.CSNc1ccccc1C(C)C. The van der Waals surface area contributed by atoms with E-state index >= 15 is 0 Å². The van der Waals surface area contributed by atoms with Gasteiger partial charge in [-0.2, -0.15) is 0 Å². The summed E-state index contributed by atoms with van der Waals surface area (Å²) in [6.07, 6.45) is 4.13. The van der Waals surface area contributed by atoms with Gasteiger partial charge in [0.05, 0.1) is 5.69 Å². The summed E-state index contributed by atoms with van der Waals surface area (Å²) >= 11 is 3.38. The number of benzene rings is 2. The molecular formula is C23H38N2S2. The van der Waals surface area contributed by atoms with Gasteiger partial charge in [0.15, 0.2) is 0 Å². The van der Waals surface area contributed by atoms with Crippen LogP contribution in [0.4, 0.5) is 11.4 Å². The summed E-state index contributed by atoms with van der Waals surface area (Å²) in [5.41, 5.74) is 5.36. The topological polar surface area (TPSA) is 15.3 Å². The Bertz CT molecular complexity index is 627. The summed E-state index contributed by atoms with van der Waals surface area (Å²) < 4.78 is 5.48. The monoisotopic (exact) mass is 406 g/mol. The number of hydrogen-bond acceptors (Lipinski definition) is 4. The number of anilines is 2. The smallest absolute Gasteiger partial charge is 0.0501 e. The lowest BCUT2D eigenvalue weighted by atomic mass is 10.0. The second kappa shape index (κ2) is 14.8. The molecule has 2 aromatic carbocycles. The van der Waals surface area contributed by atoms with Crippen molar-refractivity contribution < 1.29 is 0 Å². The quantitative estimate of drug-likeness (QED) is 0.488. The van der Waals surface area contributed by atoms with Crippen molar-refractivity contribution in [1.29, 1.82) is 0 Å². The number of para-hydroxylation sites is 2. The molecule has 0 fully saturated rings. The van der Waals surface area contributed by atoms with Gasteiger partial charge in [-0.15, -0.1) is 0 Å². The zero-order chi connectivity index (χ0) is 20.8. The minimum Gasteiger partial charge on any atom is -0.330 e. The second-order valence-electron chi connectivity index (χ2n) is 6.44. The first kappa shape index (κ1) is 25.7. The fourth-order valence-corrected chi connectivity index (χ4v) is 3.33. The highest BCUT2D eigenvalue weighted by molar-refractivity contribution is 8.00. The van der Waals surface area contributed by atoms with Crippen molar-refractivity contribution in [3.8, 4) is 0 Å². The van der Waals surface area contributed by atoms with Crippen molar-refractivity contribution in [1.82, 2.24) is 0 Å². The first-order chi connectivity index (χ1) is 12.9. The maximum atomic E-state index is 3.27. The molecule has 0 heterocycles. The molecule has 2 rings (SSSR count). The molecule has 0 bridgehead atoms. The van der Waals surface area contributed by atoms with Crippen LogP contribution >= 0.6 is 23.9 Å². The lowest BCUT2D eigenvalue weighted by molar-refractivity contribution is 0.865. The third-order valence-electron chi connectivity index (χ3n) is 3.97. The van der Waals surface area contributed by atoms with Crippen LogP contribution in [0.25, 0.3) is 0 Å². The molecule has 0 unspecified atom stereocenters. The number of nitrogens with one attached hydrogen (secondary N) is 1. The van der Waals surface area contributed by atoms with Gasteiger partial charge in [-0.3, -0.25) is 0 Å². The zero-order valence-electron chi connectivity index (χ0n) is 18.5. The molecule has 0 spiro atoms. The molecule has 0 radical (unpaired) electrons. The van der Waals surface area contributed by atoms with Crippen LogP contribution in [0.1, 0.15) is 64.5 Å². The second-order valence-corrected chi connectivity index (χ2v) is 7.97. The van der Waals surface area contributed by atoms with Crippen LogP contribution in [0, 0.1) is 0 Å². The van der Waals surface area contributed by atoms with E-state index < -0.39 is 0 Å². The van der Waals surface area contributed by atoms with E-state index in [2.05, 4.69) is 98.6 Å². The Morgan fingerprint density at radius 3 is 1.74 bits per heavy atom. The normalized spacial score (nSPS) is 9.89. The maximum absolute atomic E-state index is 3.27. The zero-order valence-corrected chi connectivity index (χ0v) is 20.2. The van der Waals surface area contributed by atoms with E-state index in [0.29, 0.717) is 11.8 Å². The van der Waals surface area contributed by atoms with Crippen molar-refractivity contribution in [2.75, 3.05) is 28.6 Å². The first-order valence-electron chi connectivity index (χ1n) is 9.67. The highest BCUT2D eigenvalue weighted by atomic mass is 32.2. The van der Waals surface area contributed by atoms with E-state index in [1.807, 2.05) is 20.1 Å². The third kappa shape index (κ3) is 8.98. The summed E-state index contributed by atoms with van der Waals surface area (Å²) in [6.45, 7) is 12.9. The van der Waals surface area contributed by atoms with Gasteiger partial charge in [-0.1, -0.05) is 102 Å². The Hall–Kier alpha value is -1.26. The summed E-state index contributed by atoms with van der Waals surface area (Å²) in [5, 5.41) is 0. The molecule has 0 aliphatic rings. The molecule has 1 N–H and O–H groups in total. The molecule has 0 amide bonds. The molecule has 2 nitrogen and oxygen atoms in total. The Morgan fingerprint density at radius 1 is 0.778 bits per heavy atom. The highest BCUT2D eigenvalue weighted by Gasteiger charge is 2.08. The molecule has 0 saturated carbocycles. The Labute approximate surface area is 176 Å². The van der Waals surface area contributed by atoms with Gasteiger partial charge in [-0.25, -0.2) is 0 Å². The number of nitrogens with zero attached hydrogens (tertiary/aromatic N) is 1. The largest absolute Gasteiger partial charge is 0.330 e.